The summed E-state index contributed by atoms with van der Waals surface area (Å²) in [4.78, 5) is 8.77. The van der Waals surface area contributed by atoms with E-state index in [1.54, 1.807) is 12.1 Å². The molecule has 0 amide bonds. The molecule has 0 aliphatic rings. The van der Waals surface area contributed by atoms with Crippen molar-refractivity contribution in [3.8, 4) is 0 Å². The molecule has 4 rings (SSSR count). The molecular weight excluding hydrogens is 396 g/mol. The Morgan fingerprint density at radius 3 is 2.17 bits per heavy atom. The van der Waals surface area contributed by atoms with Crippen LogP contribution in [0.4, 0.5) is 29.2 Å². The van der Waals surface area contributed by atoms with Gasteiger partial charge in [-0.1, -0.05) is 18.2 Å². The van der Waals surface area contributed by atoms with Gasteiger partial charge in [-0.05, 0) is 36.4 Å². The van der Waals surface area contributed by atoms with Crippen molar-refractivity contribution in [2.75, 3.05) is 16.1 Å². The monoisotopic (exact) mass is 412 g/mol. The van der Waals surface area contributed by atoms with Crippen LogP contribution in [0.25, 0.3) is 5.78 Å². The van der Waals surface area contributed by atoms with Crippen LogP contribution in [-0.2, 0) is 10.0 Å². The number of hydrazine groups is 1. The zero-order valence-electron chi connectivity index (χ0n) is 14.8. The predicted molar refractivity (Wildman–Crippen MR) is 107 cm³/mol. The van der Waals surface area contributed by atoms with Crippen LogP contribution in [0.5, 0.6) is 0 Å². The highest BCUT2D eigenvalue weighted by molar-refractivity contribution is 7.89. The zero-order chi connectivity index (χ0) is 20.4. The lowest BCUT2D eigenvalue weighted by atomic mass is 10.3. The highest BCUT2D eigenvalue weighted by Crippen LogP contribution is 2.22. The fraction of sp³-hybridized carbons (Fsp3) is 0. The van der Waals surface area contributed by atoms with Crippen LogP contribution in [0.3, 0.4) is 0 Å². The van der Waals surface area contributed by atoms with E-state index >= 15 is 0 Å². The Morgan fingerprint density at radius 1 is 0.828 bits per heavy atom. The summed E-state index contributed by atoms with van der Waals surface area (Å²) in [6, 6.07) is 15.2. The van der Waals surface area contributed by atoms with Crippen molar-refractivity contribution in [2.45, 2.75) is 4.90 Å². The molecule has 0 atom stereocenters. The molecule has 0 spiro atoms. The van der Waals surface area contributed by atoms with E-state index in [2.05, 4.69) is 36.2 Å². The quantitative estimate of drug-likeness (QED) is 0.226. The molecule has 0 saturated carbocycles. The second-order valence-corrected chi connectivity index (χ2v) is 7.42. The first-order valence-corrected chi connectivity index (χ1v) is 9.80. The second-order valence-electron chi connectivity index (χ2n) is 5.86. The molecule has 2 aromatic heterocycles. The average molecular weight is 412 g/mol. The number of aromatic nitrogens is 5. The summed E-state index contributed by atoms with van der Waals surface area (Å²) >= 11 is 0. The third kappa shape index (κ3) is 3.91. The van der Waals surface area contributed by atoms with Crippen molar-refractivity contribution in [3.63, 3.8) is 0 Å². The minimum absolute atomic E-state index is 0.00377. The van der Waals surface area contributed by atoms with Crippen molar-refractivity contribution < 1.29 is 8.42 Å². The van der Waals surface area contributed by atoms with Crippen LogP contribution >= 0.6 is 0 Å². The number of hydrogen-bond acceptors (Lipinski definition) is 10. The first kappa shape index (κ1) is 18.5. The first-order valence-electron chi connectivity index (χ1n) is 8.26. The molecule has 0 saturated heterocycles. The smallest absolute Gasteiger partial charge is 0.262 e. The molecule has 13 heteroatoms. The Kier molecular flexibility index (Phi) is 4.67. The standard InChI is InChI=1S/C16H16N10O2S/c17-23-16-25-24-15-22-13(19-10-4-2-1-3-5-10)21-14(26(15)16)20-11-6-8-12(9-7-11)29(18,27)28/h1-9H,17H2,(H,23,25)(H2,18,27,28)(H2,19,20,21,22,24). The van der Waals surface area contributed by atoms with Gasteiger partial charge < -0.3 is 10.6 Å². The molecule has 12 nitrogen and oxygen atoms in total. The zero-order valence-corrected chi connectivity index (χ0v) is 15.6. The maximum Gasteiger partial charge on any atom is 0.262 e. The van der Waals surface area contributed by atoms with Gasteiger partial charge in [-0.25, -0.2) is 23.8 Å². The molecule has 0 bridgehead atoms. The number of primary sulfonamides is 1. The fourth-order valence-electron chi connectivity index (χ4n) is 2.55. The van der Waals surface area contributed by atoms with Crippen LogP contribution in [0.2, 0.25) is 0 Å². The van der Waals surface area contributed by atoms with Crippen molar-refractivity contribution in [2.24, 2.45) is 11.0 Å². The van der Waals surface area contributed by atoms with Gasteiger partial charge in [0, 0.05) is 11.4 Å². The summed E-state index contributed by atoms with van der Waals surface area (Å²) in [6.45, 7) is 0. The Labute approximate surface area is 165 Å². The molecule has 29 heavy (non-hydrogen) atoms. The Bertz CT molecular complexity index is 1260. The Morgan fingerprint density at radius 2 is 1.52 bits per heavy atom. The van der Waals surface area contributed by atoms with E-state index in [9.17, 15) is 8.42 Å². The van der Waals surface area contributed by atoms with Crippen LogP contribution in [-0.4, -0.2) is 33.0 Å². The number of sulfonamides is 1. The summed E-state index contributed by atoms with van der Waals surface area (Å²) in [7, 11) is -3.79. The molecule has 4 aromatic rings. The van der Waals surface area contributed by atoms with Crippen LogP contribution in [0.15, 0.2) is 59.5 Å². The number of fused-ring (bicyclic) bond motifs is 1. The SMILES string of the molecule is NNc1nnc2nc(Nc3ccccc3)nc(Nc3ccc(S(N)(=O)=O)cc3)n12. The van der Waals surface area contributed by atoms with Crippen LogP contribution < -0.4 is 27.0 Å². The summed E-state index contributed by atoms with van der Waals surface area (Å²) < 4.78 is 24.3. The molecule has 148 valence electrons. The minimum atomic E-state index is -3.79. The van der Waals surface area contributed by atoms with E-state index in [1.807, 2.05) is 30.3 Å². The van der Waals surface area contributed by atoms with Crippen molar-refractivity contribution in [1.82, 2.24) is 24.6 Å². The third-order valence-corrected chi connectivity index (χ3v) is 4.80. The number of benzene rings is 2. The van der Waals surface area contributed by atoms with Gasteiger partial charge in [-0.15, -0.1) is 10.2 Å². The maximum absolute atomic E-state index is 11.4. The summed E-state index contributed by atoms with van der Waals surface area (Å²) in [6.07, 6.45) is 0. The van der Waals surface area contributed by atoms with E-state index < -0.39 is 10.0 Å². The van der Waals surface area contributed by atoms with Gasteiger partial charge in [0.25, 0.3) is 5.78 Å². The van der Waals surface area contributed by atoms with E-state index in [0.29, 0.717) is 11.6 Å². The van der Waals surface area contributed by atoms with E-state index in [-0.39, 0.29) is 22.6 Å². The van der Waals surface area contributed by atoms with Crippen molar-refractivity contribution >= 4 is 45.0 Å². The highest BCUT2D eigenvalue weighted by atomic mass is 32.2. The van der Waals surface area contributed by atoms with Gasteiger partial charge in [0.05, 0.1) is 4.90 Å². The van der Waals surface area contributed by atoms with Gasteiger partial charge in [-0.3, -0.25) is 5.43 Å². The van der Waals surface area contributed by atoms with E-state index in [1.165, 1.54) is 16.5 Å². The predicted octanol–water partition coefficient (Wildman–Crippen LogP) is 0.939. The number of hydrogen-bond donors (Lipinski definition) is 5. The third-order valence-electron chi connectivity index (χ3n) is 3.87. The molecule has 2 heterocycles. The number of anilines is 5. The number of nitrogens with zero attached hydrogens (tertiary/aromatic N) is 5. The fourth-order valence-corrected chi connectivity index (χ4v) is 3.07. The Balaban J connectivity index is 1.74. The lowest BCUT2D eigenvalue weighted by Gasteiger charge is -2.12. The Hall–Kier alpha value is -3.81. The number of para-hydroxylation sites is 1. The highest BCUT2D eigenvalue weighted by Gasteiger charge is 2.15. The lowest BCUT2D eigenvalue weighted by molar-refractivity contribution is 0.598. The topological polar surface area (TPSA) is 178 Å². The molecule has 0 fully saturated rings. The molecule has 0 unspecified atom stereocenters. The number of rotatable bonds is 6. The van der Waals surface area contributed by atoms with Gasteiger partial charge >= 0.3 is 0 Å². The first-order chi connectivity index (χ1) is 13.9. The van der Waals surface area contributed by atoms with E-state index in [4.69, 9.17) is 11.0 Å². The van der Waals surface area contributed by atoms with E-state index in [0.717, 1.165) is 5.69 Å². The normalized spacial score (nSPS) is 11.4. The van der Waals surface area contributed by atoms with Gasteiger partial charge in [0.15, 0.2) is 0 Å². The summed E-state index contributed by atoms with van der Waals surface area (Å²) in [5.74, 6) is 6.54. The molecule has 0 aliphatic heterocycles. The van der Waals surface area contributed by atoms with Crippen LogP contribution in [0.1, 0.15) is 0 Å². The van der Waals surface area contributed by atoms with Gasteiger partial charge in [-0.2, -0.15) is 9.97 Å². The van der Waals surface area contributed by atoms with Crippen molar-refractivity contribution in [1.29, 1.82) is 0 Å². The van der Waals surface area contributed by atoms with Gasteiger partial charge in [0.2, 0.25) is 27.9 Å². The molecule has 7 N–H and O–H groups in total. The number of nitrogens with two attached hydrogens (primary N) is 2. The molecule has 0 radical (unpaired) electrons. The average Bonchev–Trinajstić information content (AvgIpc) is 3.12. The second kappa shape index (κ2) is 7.31. The van der Waals surface area contributed by atoms with Crippen LogP contribution in [0, 0.1) is 0 Å². The largest absolute Gasteiger partial charge is 0.325 e. The maximum atomic E-state index is 11.4. The summed E-state index contributed by atoms with van der Waals surface area (Å²) in [5, 5.41) is 19.2. The number of nitrogen functional groups attached to an aromatic ring is 1. The van der Waals surface area contributed by atoms with Gasteiger partial charge in [0.1, 0.15) is 0 Å². The lowest BCUT2D eigenvalue weighted by Crippen LogP contribution is -2.14. The molecule has 0 aliphatic carbocycles. The minimum Gasteiger partial charge on any atom is -0.325 e. The molecule has 2 aromatic carbocycles. The number of nitrogens with one attached hydrogen (secondary N) is 3. The van der Waals surface area contributed by atoms with Crippen molar-refractivity contribution in [3.05, 3.63) is 54.6 Å². The summed E-state index contributed by atoms with van der Waals surface area (Å²) in [5.41, 5.74) is 3.77. The molecular formula is C16H16N10O2S.